The molecule has 130 valence electrons. The van der Waals surface area contributed by atoms with Gasteiger partial charge in [-0.2, -0.15) is 0 Å². The number of thiophene rings is 1. The van der Waals surface area contributed by atoms with Gasteiger partial charge in [-0.05, 0) is 28.5 Å². The lowest BCUT2D eigenvalue weighted by Crippen LogP contribution is -1.88. The van der Waals surface area contributed by atoms with Crippen LogP contribution in [-0.4, -0.2) is 19.3 Å². The molecule has 0 atom stereocenters. The third kappa shape index (κ3) is 2.68. The summed E-state index contributed by atoms with van der Waals surface area (Å²) in [6.07, 6.45) is 0. The highest BCUT2D eigenvalue weighted by Crippen LogP contribution is 2.51. The number of hydrogen-bond acceptors (Lipinski definition) is 4. The summed E-state index contributed by atoms with van der Waals surface area (Å²) in [7, 11) is 3.52. The monoisotopic (exact) mass is 361 g/mol. The second-order valence-corrected chi connectivity index (χ2v) is 7.01. The minimum absolute atomic E-state index is 0.295. The summed E-state index contributed by atoms with van der Waals surface area (Å²) >= 11 is 1.56. The van der Waals surface area contributed by atoms with E-state index in [2.05, 4.69) is 29.6 Å². The topological polar surface area (TPSA) is 41.5 Å². The SMILES string of the molecule is CNc1sc(-c2cccc3ccccc23)c(O)c1-c1cccc(OC)c1. The highest BCUT2D eigenvalue weighted by atomic mass is 32.1. The van der Waals surface area contributed by atoms with Crippen LogP contribution in [0.15, 0.2) is 66.7 Å². The van der Waals surface area contributed by atoms with E-state index in [1.54, 1.807) is 18.4 Å². The lowest BCUT2D eigenvalue weighted by atomic mass is 10.0. The van der Waals surface area contributed by atoms with Gasteiger partial charge in [0.25, 0.3) is 0 Å². The van der Waals surface area contributed by atoms with Crippen LogP contribution in [0, 0.1) is 0 Å². The van der Waals surface area contributed by atoms with Gasteiger partial charge in [0.1, 0.15) is 16.5 Å². The van der Waals surface area contributed by atoms with Gasteiger partial charge in [-0.1, -0.05) is 54.6 Å². The molecule has 4 aromatic rings. The van der Waals surface area contributed by atoms with E-state index in [4.69, 9.17) is 4.74 Å². The van der Waals surface area contributed by atoms with Crippen LogP contribution in [0.3, 0.4) is 0 Å². The molecule has 0 aliphatic heterocycles. The first kappa shape index (κ1) is 16.5. The van der Waals surface area contributed by atoms with Crippen molar-refractivity contribution >= 4 is 27.1 Å². The number of methoxy groups -OCH3 is 1. The van der Waals surface area contributed by atoms with Gasteiger partial charge in [0, 0.05) is 12.6 Å². The van der Waals surface area contributed by atoms with Crippen LogP contribution < -0.4 is 10.1 Å². The summed E-state index contributed by atoms with van der Waals surface area (Å²) in [5, 5.41) is 17.5. The summed E-state index contributed by atoms with van der Waals surface area (Å²) in [4.78, 5) is 0.865. The van der Waals surface area contributed by atoms with Gasteiger partial charge in [0.2, 0.25) is 0 Å². The van der Waals surface area contributed by atoms with Crippen molar-refractivity contribution in [3.63, 3.8) is 0 Å². The Labute approximate surface area is 156 Å². The molecule has 4 rings (SSSR count). The summed E-state index contributed by atoms with van der Waals surface area (Å²) in [5.74, 6) is 1.06. The van der Waals surface area contributed by atoms with Crippen LogP contribution in [0.25, 0.3) is 32.3 Å². The Bertz CT molecular complexity index is 1080. The van der Waals surface area contributed by atoms with Crippen molar-refractivity contribution < 1.29 is 9.84 Å². The molecule has 0 bridgehead atoms. The average Bonchev–Trinajstić information content (AvgIpc) is 3.03. The Morgan fingerprint density at radius 1 is 0.962 bits per heavy atom. The lowest BCUT2D eigenvalue weighted by molar-refractivity contribution is 0.415. The van der Waals surface area contributed by atoms with Gasteiger partial charge in [-0.15, -0.1) is 11.3 Å². The Morgan fingerprint density at radius 3 is 2.54 bits per heavy atom. The molecule has 0 aliphatic carbocycles. The van der Waals surface area contributed by atoms with E-state index >= 15 is 0 Å². The number of nitrogens with one attached hydrogen (secondary N) is 1. The fourth-order valence-electron chi connectivity index (χ4n) is 3.25. The van der Waals surface area contributed by atoms with Crippen molar-refractivity contribution in [3.05, 3.63) is 66.7 Å². The molecule has 0 aliphatic rings. The molecule has 4 heteroatoms. The Kier molecular flexibility index (Phi) is 4.27. The molecule has 1 aromatic heterocycles. The molecule has 0 saturated carbocycles. The lowest BCUT2D eigenvalue weighted by Gasteiger charge is -2.07. The Hall–Kier alpha value is -2.98. The van der Waals surface area contributed by atoms with Crippen LogP contribution in [0.5, 0.6) is 11.5 Å². The van der Waals surface area contributed by atoms with Crippen molar-refractivity contribution in [2.45, 2.75) is 0 Å². The zero-order valence-corrected chi connectivity index (χ0v) is 15.4. The van der Waals surface area contributed by atoms with E-state index in [0.29, 0.717) is 5.75 Å². The second-order valence-electron chi connectivity index (χ2n) is 5.99. The molecule has 3 nitrogen and oxygen atoms in total. The maximum Gasteiger partial charge on any atom is 0.144 e. The molecule has 0 fully saturated rings. The molecule has 1 heterocycles. The molecule has 0 amide bonds. The third-order valence-electron chi connectivity index (χ3n) is 4.50. The second kappa shape index (κ2) is 6.73. The van der Waals surface area contributed by atoms with Crippen molar-refractivity contribution in [2.24, 2.45) is 0 Å². The van der Waals surface area contributed by atoms with E-state index in [1.807, 2.05) is 49.5 Å². The minimum Gasteiger partial charge on any atom is -0.506 e. The van der Waals surface area contributed by atoms with Crippen LogP contribution in [0.4, 0.5) is 5.00 Å². The zero-order chi connectivity index (χ0) is 18.1. The number of anilines is 1. The molecular weight excluding hydrogens is 342 g/mol. The van der Waals surface area contributed by atoms with E-state index in [1.165, 1.54) is 0 Å². The maximum absolute atomic E-state index is 11.1. The number of hydrogen-bond donors (Lipinski definition) is 2. The van der Waals surface area contributed by atoms with Crippen LogP contribution >= 0.6 is 11.3 Å². The molecule has 0 radical (unpaired) electrons. The highest BCUT2D eigenvalue weighted by molar-refractivity contribution is 7.20. The normalized spacial score (nSPS) is 10.8. The summed E-state index contributed by atoms with van der Waals surface area (Å²) in [6.45, 7) is 0. The number of fused-ring (bicyclic) bond motifs is 1. The van der Waals surface area contributed by atoms with Crippen molar-refractivity contribution in [2.75, 3.05) is 19.5 Å². The van der Waals surface area contributed by atoms with E-state index in [9.17, 15) is 5.11 Å². The molecular formula is C22H19NO2S. The van der Waals surface area contributed by atoms with Gasteiger partial charge in [-0.25, -0.2) is 0 Å². The average molecular weight is 361 g/mol. The fraction of sp³-hybridized carbons (Fsp3) is 0.0909. The van der Waals surface area contributed by atoms with Crippen LogP contribution in [-0.2, 0) is 0 Å². The summed E-state index contributed by atoms with van der Waals surface area (Å²) in [6, 6.07) is 22.2. The first-order valence-electron chi connectivity index (χ1n) is 8.39. The number of benzene rings is 3. The fourth-order valence-corrected chi connectivity index (χ4v) is 4.36. The van der Waals surface area contributed by atoms with E-state index in [-0.39, 0.29) is 0 Å². The molecule has 0 spiro atoms. The molecule has 3 aromatic carbocycles. The third-order valence-corrected chi connectivity index (χ3v) is 5.73. The summed E-state index contributed by atoms with van der Waals surface area (Å²) in [5.41, 5.74) is 2.77. The quantitative estimate of drug-likeness (QED) is 0.469. The largest absolute Gasteiger partial charge is 0.506 e. The number of aromatic hydroxyl groups is 1. The Balaban J connectivity index is 1.95. The standard InChI is InChI=1S/C22H19NO2S/c1-23-22-19(15-9-5-10-16(13-15)25-2)20(24)21(26-22)18-12-6-8-14-7-3-4-11-17(14)18/h3-13,23-24H,1-2H3. The van der Waals surface area contributed by atoms with Crippen LogP contribution in [0.2, 0.25) is 0 Å². The molecule has 26 heavy (non-hydrogen) atoms. The highest BCUT2D eigenvalue weighted by Gasteiger charge is 2.21. The summed E-state index contributed by atoms with van der Waals surface area (Å²) < 4.78 is 5.34. The minimum atomic E-state index is 0.295. The van der Waals surface area contributed by atoms with E-state index in [0.717, 1.165) is 43.1 Å². The smallest absolute Gasteiger partial charge is 0.144 e. The predicted octanol–water partition coefficient (Wildman–Crippen LogP) is 5.99. The van der Waals surface area contributed by atoms with Gasteiger partial charge >= 0.3 is 0 Å². The van der Waals surface area contributed by atoms with Crippen molar-refractivity contribution in [1.82, 2.24) is 0 Å². The van der Waals surface area contributed by atoms with E-state index < -0.39 is 0 Å². The van der Waals surface area contributed by atoms with Crippen molar-refractivity contribution in [1.29, 1.82) is 0 Å². The van der Waals surface area contributed by atoms with Gasteiger partial charge in [-0.3, -0.25) is 0 Å². The number of ether oxygens (including phenoxy) is 1. The van der Waals surface area contributed by atoms with Gasteiger partial charge < -0.3 is 15.2 Å². The molecule has 2 N–H and O–H groups in total. The first-order valence-corrected chi connectivity index (χ1v) is 9.20. The van der Waals surface area contributed by atoms with Gasteiger partial charge in [0.15, 0.2) is 0 Å². The first-order chi connectivity index (χ1) is 12.7. The molecule has 0 saturated heterocycles. The number of rotatable bonds is 4. The molecule has 0 unspecified atom stereocenters. The maximum atomic E-state index is 11.1. The predicted molar refractivity (Wildman–Crippen MR) is 110 cm³/mol. The van der Waals surface area contributed by atoms with Gasteiger partial charge in [0.05, 0.1) is 17.6 Å². The Morgan fingerprint density at radius 2 is 1.73 bits per heavy atom. The zero-order valence-electron chi connectivity index (χ0n) is 14.6. The van der Waals surface area contributed by atoms with Crippen molar-refractivity contribution in [3.8, 4) is 33.1 Å². The van der Waals surface area contributed by atoms with Crippen LogP contribution in [0.1, 0.15) is 0 Å².